The number of H-pyrrole nitrogens is 2. The highest BCUT2D eigenvalue weighted by Gasteiger charge is 2.08. The number of aromatic nitrogens is 5. The quantitative estimate of drug-likeness (QED) is 0.603. The van der Waals surface area contributed by atoms with Crippen molar-refractivity contribution in [1.29, 1.82) is 0 Å². The molecule has 0 radical (unpaired) electrons. The molecule has 0 atom stereocenters. The lowest BCUT2D eigenvalue weighted by molar-refractivity contribution is -0.122. The van der Waals surface area contributed by atoms with Crippen LogP contribution in [0.3, 0.4) is 0 Å². The summed E-state index contributed by atoms with van der Waals surface area (Å²) in [7, 11) is 1.89. The van der Waals surface area contributed by atoms with Gasteiger partial charge in [-0.25, -0.2) is 4.79 Å². The Hall–Kier alpha value is -2.75. The van der Waals surface area contributed by atoms with Crippen molar-refractivity contribution >= 4 is 6.47 Å². The van der Waals surface area contributed by atoms with Crippen LogP contribution in [0.5, 0.6) is 0 Å². The molecule has 0 aliphatic carbocycles. The highest BCUT2D eigenvalue weighted by atomic mass is 16.3. The molecule has 3 N–H and O–H groups in total. The maximum Gasteiger partial charge on any atom is 0.325 e. The van der Waals surface area contributed by atoms with Gasteiger partial charge in [-0.15, -0.1) is 10.2 Å². The molecule has 0 fully saturated rings. The SMILES string of the molecule is CCCn1cnnc1CN(C)Cc1cc(=O)[nH]c(=O)[nH]1.O=CO. The Balaban J connectivity index is 0.000000816. The molecule has 2 aromatic rings. The summed E-state index contributed by atoms with van der Waals surface area (Å²) in [5.41, 5.74) is -0.316. The maximum atomic E-state index is 11.2. The summed E-state index contributed by atoms with van der Waals surface area (Å²) in [6.07, 6.45) is 2.72. The molecule has 0 aliphatic heterocycles. The fourth-order valence-electron chi connectivity index (χ4n) is 2.02. The van der Waals surface area contributed by atoms with Gasteiger partial charge in [0.2, 0.25) is 0 Å². The van der Waals surface area contributed by atoms with E-state index in [1.165, 1.54) is 6.07 Å². The van der Waals surface area contributed by atoms with Gasteiger partial charge in [0.25, 0.3) is 12.0 Å². The smallest absolute Gasteiger partial charge is 0.325 e. The molecule has 0 saturated heterocycles. The molecule has 0 unspecified atom stereocenters. The number of nitrogens with zero attached hydrogens (tertiary/aromatic N) is 4. The van der Waals surface area contributed by atoms with E-state index in [0.717, 1.165) is 18.8 Å². The molecule has 10 nitrogen and oxygen atoms in total. The van der Waals surface area contributed by atoms with Crippen LogP contribution in [0.4, 0.5) is 0 Å². The van der Waals surface area contributed by atoms with Crippen molar-refractivity contribution in [3.63, 3.8) is 0 Å². The monoisotopic (exact) mass is 324 g/mol. The molecule has 0 saturated carbocycles. The Kier molecular flexibility index (Phi) is 7.40. The predicted octanol–water partition coefficient (Wildman–Crippen LogP) is -0.602. The molecule has 10 heteroatoms. The topological polar surface area (TPSA) is 137 Å². The molecule has 23 heavy (non-hydrogen) atoms. The Morgan fingerprint density at radius 3 is 2.65 bits per heavy atom. The van der Waals surface area contributed by atoms with Gasteiger partial charge in [0.05, 0.1) is 6.54 Å². The zero-order valence-electron chi connectivity index (χ0n) is 13.0. The van der Waals surface area contributed by atoms with Gasteiger partial charge in [-0.2, -0.15) is 0 Å². The van der Waals surface area contributed by atoms with Gasteiger partial charge in [0, 0.05) is 24.8 Å². The Morgan fingerprint density at radius 1 is 1.35 bits per heavy atom. The molecule has 2 heterocycles. The average Bonchev–Trinajstić information content (AvgIpc) is 2.86. The number of hydrogen-bond acceptors (Lipinski definition) is 6. The number of aryl methyl sites for hydroxylation is 1. The number of hydrogen-bond donors (Lipinski definition) is 3. The molecule has 0 bridgehead atoms. The second-order valence-electron chi connectivity index (χ2n) is 4.83. The van der Waals surface area contributed by atoms with Gasteiger partial charge in [0.1, 0.15) is 12.2 Å². The maximum absolute atomic E-state index is 11.2. The van der Waals surface area contributed by atoms with Gasteiger partial charge in [-0.05, 0) is 13.5 Å². The van der Waals surface area contributed by atoms with Crippen LogP contribution in [0.15, 0.2) is 22.0 Å². The van der Waals surface area contributed by atoms with E-state index in [2.05, 4.69) is 27.1 Å². The Bertz CT molecular complexity index is 691. The minimum absolute atomic E-state index is 0.250. The summed E-state index contributed by atoms with van der Waals surface area (Å²) in [4.78, 5) is 37.5. The third-order valence-electron chi connectivity index (χ3n) is 2.83. The first-order valence-electron chi connectivity index (χ1n) is 6.95. The highest BCUT2D eigenvalue weighted by molar-refractivity contribution is 5.32. The van der Waals surface area contributed by atoms with Crippen LogP contribution in [0.2, 0.25) is 0 Å². The number of aromatic amines is 2. The molecule has 0 amide bonds. The van der Waals surface area contributed by atoms with Crippen molar-refractivity contribution in [2.45, 2.75) is 33.0 Å². The molecule has 2 aromatic heterocycles. The molecule has 2 rings (SSSR count). The zero-order valence-corrected chi connectivity index (χ0v) is 13.0. The van der Waals surface area contributed by atoms with Crippen LogP contribution in [-0.2, 0) is 24.4 Å². The second-order valence-corrected chi connectivity index (χ2v) is 4.83. The Labute approximate surface area is 131 Å². The molecule has 0 spiro atoms. The first-order chi connectivity index (χ1) is 11.0. The van der Waals surface area contributed by atoms with Crippen LogP contribution >= 0.6 is 0 Å². The average molecular weight is 324 g/mol. The third-order valence-corrected chi connectivity index (χ3v) is 2.83. The van der Waals surface area contributed by atoms with E-state index < -0.39 is 11.2 Å². The van der Waals surface area contributed by atoms with E-state index in [0.29, 0.717) is 18.8 Å². The minimum Gasteiger partial charge on any atom is -0.483 e. The minimum atomic E-state index is -0.491. The van der Waals surface area contributed by atoms with Gasteiger partial charge >= 0.3 is 5.69 Å². The zero-order chi connectivity index (χ0) is 17.2. The number of rotatable bonds is 6. The summed E-state index contributed by atoms with van der Waals surface area (Å²) in [6.45, 7) is 3.76. The first kappa shape index (κ1) is 18.3. The van der Waals surface area contributed by atoms with Crippen molar-refractivity contribution in [3.8, 4) is 0 Å². The van der Waals surface area contributed by atoms with Crippen molar-refractivity contribution in [2.24, 2.45) is 0 Å². The standard InChI is InChI=1S/C12H18N6O2.CH2O2/c1-3-4-18-8-13-16-10(18)7-17(2)6-9-5-11(19)15-12(20)14-9;2-1-3/h5,8H,3-4,6-7H2,1-2H3,(H2,14,15,19,20);1H,(H,2,3). The second kappa shape index (κ2) is 9.30. The van der Waals surface area contributed by atoms with Crippen molar-refractivity contribution < 1.29 is 9.90 Å². The molecule has 126 valence electrons. The van der Waals surface area contributed by atoms with Crippen LogP contribution in [0.25, 0.3) is 0 Å². The van der Waals surface area contributed by atoms with Gasteiger partial charge in [0.15, 0.2) is 0 Å². The van der Waals surface area contributed by atoms with Crippen molar-refractivity contribution in [3.05, 3.63) is 44.8 Å². The van der Waals surface area contributed by atoms with Crippen molar-refractivity contribution in [2.75, 3.05) is 7.05 Å². The molecular weight excluding hydrogens is 304 g/mol. The third kappa shape index (κ3) is 6.26. The first-order valence-corrected chi connectivity index (χ1v) is 6.95. The van der Waals surface area contributed by atoms with Crippen LogP contribution in [0.1, 0.15) is 24.9 Å². The fraction of sp³-hybridized carbons (Fsp3) is 0.462. The van der Waals surface area contributed by atoms with Gasteiger partial charge in [-0.1, -0.05) is 6.92 Å². The van der Waals surface area contributed by atoms with Gasteiger partial charge in [-0.3, -0.25) is 19.5 Å². The summed E-state index contributed by atoms with van der Waals surface area (Å²) in [5, 5.41) is 14.9. The summed E-state index contributed by atoms with van der Waals surface area (Å²) in [5.74, 6) is 0.863. The fourth-order valence-corrected chi connectivity index (χ4v) is 2.02. The highest BCUT2D eigenvalue weighted by Crippen LogP contribution is 2.03. The normalized spacial score (nSPS) is 10.2. The lowest BCUT2D eigenvalue weighted by Gasteiger charge is -2.16. The molecule has 0 aromatic carbocycles. The lowest BCUT2D eigenvalue weighted by atomic mass is 10.3. The summed E-state index contributed by atoms with van der Waals surface area (Å²) >= 11 is 0. The predicted molar refractivity (Wildman–Crippen MR) is 81.9 cm³/mol. The van der Waals surface area contributed by atoms with E-state index >= 15 is 0 Å². The van der Waals surface area contributed by atoms with E-state index in [9.17, 15) is 9.59 Å². The Morgan fingerprint density at radius 2 is 2.04 bits per heavy atom. The summed E-state index contributed by atoms with van der Waals surface area (Å²) < 4.78 is 2.00. The summed E-state index contributed by atoms with van der Waals surface area (Å²) in [6, 6.07) is 1.38. The van der Waals surface area contributed by atoms with E-state index in [4.69, 9.17) is 9.90 Å². The van der Waals surface area contributed by atoms with Crippen LogP contribution < -0.4 is 11.2 Å². The molecule has 0 aliphatic rings. The number of carbonyl (C=O) groups is 1. The van der Waals surface area contributed by atoms with E-state index in [1.54, 1.807) is 6.33 Å². The number of nitrogens with one attached hydrogen (secondary N) is 2. The number of carboxylic acid groups (broad SMARTS) is 1. The largest absolute Gasteiger partial charge is 0.483 e. The molecular formula is C13H20N6O4. The van der Waals surface area contributed by atoms with E-state index in [1.807, 2.05) is 16.5 Å². The van der Waals surface area contributed by atoms with Gasteiger partial charge < -0.3 is 14.7 Å². The van der Waals surface area contributed by atoms with Crippen molar-refractivity contribution in [1.82, 2.24) is 29.6 Å². The van der Waals surface area contributed by atoms with Crippen LogP contribution in [0, 0.1) is 0 Å². The lowest BCUT2D eigenvalue weighted by Crippen LogP contribution is -2.27. The van der Waals surface area contributed by atoms with Crippen LogP contribution in [-0.4, -0.2) is 48.3 Å². The van der Waals surface area contributed by atoms with E-state index in [-0.39, 0.29) is 6.47 Å².